The summed E-state index contributed by atoms with van der Waals surface area (Å²) in [6.45, 7) is 1.46. The van der Waals surface area contributed by atoms with Crippen molar-refractivity contribution < 1.29 is 31.1 Å². The highest BCUT2D eigenvalue weighted by atomic mass is 35.5. The summed E-state index contributed by atoms with van der Waals surface area (Å²) in [6.07, 6.45) is -6.09. The van der Waals surface area contributed by atoms with Gasteiger partial charge in [0.1, 0.15) is 5.69 Å². The maximum Gasteiger partial charge on any atom is 0.416 e. The number of nitrogens with zero attached hydrogens (tertiary/aromatic N) is 3. The van der Waals surface area contributed by atoms with Crippen LogP contribution in [-0.4, -0.2) is 20.9 Å². The number of rotatable bonds is 4. The van der Waals surface area contributed by atoms with Crippen LogP contribution in [0.25, 0.3) is 11.4 Å². The van der Waals surface area contributed by atoms with Crippen LogP contribution < -0.4 is 5.32 Å². The van der Waals surface area contributed by atoms with Gasteiger partial charge in [0.05, 0.1) is 33.6 Å². The molecule has 0 radical (unpaired) electrons. The first kappa shape index (κ1) is 23.5. The molecule has 1 aromatic carbocycles. The fourth-order valence-corrected chi connectivity index (χ4v) is 2.93. The van der Waals surface area contributed by atoms with Crippen LogP contribution in [0.2, 0.25) is 5.02 Å². The van der Waals surface area contributed by atoms with Gasteiger partial charge in [-0.15, -0.1) is 0 Å². The highest BCUT2D eigenvalue weighted by molar-refractivity contribution is 6.30. The second-order valence-corrected chi connectivity index (χ2v) is 7.08. The van der Waals surface area contributed by atoms with Gasteiger partial charge in [0.2, 0.25) is 0 Å². The molecular formula is C20H13ClF6N4O. The molecule has 3 aromatic rings. The van der Waals surface area contributed by atoms with E-state index in [2.05, 4.69) is 20.3 Å². The Morgan fingerprint density at radius 3 is 2.06 bits per heavy atom. The molecule has 0 aliphatic carbocycles. The van der Waals surface area contributed by atoms with Crippen LogP contribution in [0.5, 0.6) is 0 Å². The number of hydrogen-bond acceptors (Lipinski definition) is 4. The van der Waals surface area contributed by atoms with Gasteiger partial charge in [-0.25, -0.2) is 0 Å². The van der Waals surface area contributed by atoms with Crippen LogP contribution in [0, 0.1) is 0 Å². The second-order valence-electron chi connectivity index (χ2n) is 6.64. The van der Waals surface area contributed by atoms with Crippen molar-refractivity contribution in [3.8, 4) is 11.4 Å². The van der Waals surface area contributed by atoms with Crippen LogP contribution in [0.3, 0.4) is 0 Å². The van der Waals surface area contributed by atoms with E-state index in [1.807, 2.05) is 0 Å². The summed E-state index contributed by atoms with van der Waals surface area (Å²) in [5, 5.41) is 2.73. The Hall–Kier alpha value is -3.21. The monoisotopic (exact) mass is 474 g/mol. The zero-order valence-corrected chi connectivity index (χ0v) is 16.8. The van der Waals surface area contributed by atoms with Gasteiger partial charge >= 0.3 is 12.4 Å². The summed E-state index contributed by atoms with van der Waals surface area (Å²) < 4.78 is 78.4. The van der Waals surface area contributed by atoms with Gasteiger partial charge in [-0.3, -0.25) is 19.7 Å². The third-order valence-corrected chi connectivity index (χ3v) is 4.53. The average molecular weight is 475 g/mol. The Labute approximate surface area is 182 Å². The lowest BCUT2D eigenvalue weighted by atomic mass is 10.0. The molecule has 1 atom stereocenters. The van der Waals surface area contributed by atoms with Crippen molar-refractivity contribution in [2.75, 3.05) is 0 Å². The Kier molecular flexibility index (Phi) is 6.40. The van der Waals surface area contributed by atoms with Crippen LogP contribution in [0.15, 0.2) is 48.9 Å². The number of alkyl halides is 6. The second kappa shape index (κ2) is 8.73. The molecule has 0 saturated heterocycles. The molecule has 2 heterocycles. The van der Waals surface area contributed by atoms with Crippen molar-refractivity contribution in [3.05, 3.63) is 76.3 Å². The maximum atomic E-state index is 13.1. The lowest BCUT2D eigenvalue weighted by Crippen LogP contribution is -2.28. The minimum atomic E-state index is -5.07. The molecular weight excluding hydrogens is 462 g/mol. The van der Waals surface area contributed by atoms with E-state index in [9.17, 15) is 31.1 Å². The first-order valence-electron chi connectivity index (χ1n) is 8.89. The Morgan fingerprint density at radius 1 is 0.938 bits per heavy atom. The third-order valence-electron chi connectivity index (χ3n) is 4.30. The Bertz CT molecular complexity index is 1100. The molecule has 1 N–H and O–H groups in total. The van der Waals surface area contributed by atoms with E-state index >= 15 is 0 Å². The molecule has 168 valence electrons. The molecule has 1 unspecified atom stereocenters. The Balaban J connectivity index is 1.94. The summed E-state index contributed by atoms with van der Waals surface area (Å²) in [6, 6.07) is 2.84. The Morgan fingerprint density at radius 2 is 1.53 bits per heavy atom. The van der Waals surface area contributed by atoms with Gasteiger partial charge in [0.25, 0.3) is 5.91 Å². The standard InChI is InChI=1S/C20H13ClF6N4O/c1-10(16-17(29-5-4-28-16)15-3-2-14(21)9-30-15)31-18(32)11-6-12(19(22,23)24)8-13(7-11)20(25,26)27/h2-10H,1H3,(H,31,32). The van der Waals surface area contributed by atoms with Crippen molar-refractivity contribution in [3.63, 3.8) is 0 Å². The van der Waals surface area contributed by atoms with Crippen molar-refractivity contribution in [1.29, 1.82) is 0 Å². The van der Waals surface area contributed by atoms with Crippen molar-refractivity contribution in [1.82, 2.24) is 20.3 Å². The highest BCUT2D eigenvalue weighted by Gasteiger charge is 2.37. The van der Waals surface area contributed by atoms with E-state index < -0.39 is 41.0 Å². The molecule has 12 heteroatoms. The average Bonchev–Trinajstić information content (AvgIpc) is 2.72. The first-order valence-corrected chi connectivity index (χ1v) is 9.27. The van der Waals surface area contributed by atoms with Crippen molar-refractivity contribution in [2.45, 2.75) is 25.3 Å². The zero-order chi connectivity index (χ0) is 23.7. The number of benzene rings is 1. The van der Waals surface area contributed by atoms with Gasteiger partial charge in [-0.2, -0.15) is 26.3 Å². The summed E-state index contributed by atoms with van der Waals surface area (Å²) in [5.74, 6) is -1.14. The van der Waals surface area contributed by atoms with Gasteiger partial charge in [-0.1, -0.05) is 11.6 Å². The lowest BCUT2D eigenvalue weighted by molar-refractivity contribution is -0.143. The number of amides is 1. The predicted molar refractivity (Wildman–Crippen MR) is 103 cm³/mol. The van der Waals surface area contributed by atoms with Crippen molar-refractivity contribution >= 4 is 17.5 Å². The molecule has 0 spiro atoms. The SMILES string of the molecule is CC(NC(=O)c1cc(C(F)(F)F)cc(C(F)(F)F)c1)c1nccnc1-c1ccc(Cl)cn1. The number of pyridine rings is 1. The normalized spacial score (nSPS) is 13.0. The number of halogens is 7. The summed E-state index contributed by atoms with van der Waals surface area (Å²) in [4.78, 5) is 24.9. The van der Waals surface area contributed by atoms with Crippen LogP contribution in [-0.2, 0) is 12.4 Å². The molecule has 2 aromatic heterocycles. The smallest absolute Gasteiger partial charge is 0.344 e. The summed E-state index contributed by atoms with van der Waals surface area (Å²) in [7, 11) is 0. The topological polar surface area (TPSA) is 67.8 Å². The molecule has 0 saturated carbocycles. The minimum Gasteiger partial charge on any atom is -0.344 e. The lowest BCUT2D eigenvalue weighted by Gasteiger charge is -2.18. The van der Waals surface area contributed by atoms with Crippen LogP contribution in [0.4, 0.5) is 26.3 Å². The predicted octanol–water partition coefficient (Wildman–Crippen LogP) is 5.72. The fourth-order valence-electron chi connectivity index (χ4n) is 2.81. The van der Waals surface area contributed by atoms with Gasteiger partial charge < -0.3 is 5.32 Å². The zero-order valence-electron chi connectivity index (χ0n) is 16.1. The number of carbonyl (C=O) groups excluding carboxylic acids is 1. The highest BCUT2D eigenvalue weighted by Crippen LogP contribution is 2.36. The molecule has 5 nitrogen and oxygen atoms in total. The summed E-state index contributed by atoms with van der Waals surface area (Å²) in [5.41, 5.74) is -3.15. The fraction of sp³-hybridized carbons (Fsp3) is 0.200. The number of carbonyl (C=O) groups is 1. The van der Waals surface area contributed by atoms with Crippen LogP contribution >= 0.6 is 11.6 Å². The number of aromatic nitrogens is 3. The van der Waals surface area contributed by atoms with Gasteiger partial charge in [-0.05, 0) is 37.3 Å². The van der Waals surface area contributed by atoms with E-state index in [1.54, 1.807) is 12.1 Å². The molecule has 3 rings (SSSR count). The van der Waals surface area contributed by atoms with E-state index in [0.29, 0.717) is 22.8 Å². The molecule has 0 bridgehead atoms. The van der Waals surface area contributed by atoms with Crippen LogP contribution in [0.1, 0.15) is 40.1 Å². The van der Waals surface area contributed by atoms with Gasteiger partial charge in [0, 0.05) is 24.2 Å². The van der Waals surface area contributed by atoms with E-state index in [0.717, 1.165) is 0 Å². The largest absolute Gasteiger partial charge is 0.416 e. The number of nitrogens with one attached hydrogen (secondary N) is 1. The van der Waals surface area contributed by atoms with E-state index in [4.69, 9.17) is 11.6 Å². The molecule has 0 fully saturated rings. The molecule has 1 amide bonds. The molecule has 32 heavy (non-hydrogen) atoms. The first-order chi connectivity index (χ1) is 14.9. The van der Waals surface area contributed by atoms with E-state index in [1.165, 1.54) is 25.5 Å². The minimum absolute atomic E-state index is 0.0484. The summed E-state index contributed by atoms with van der Waals surface area (Å²) >= 11 is 5.81. The quantitative estimate of drug-likeness (QED) is 0.491. The third kappa shape index (κ3) is 5.34. The van der Waals surface area contributed by atoms with Gasteiger partial charge in [0.15, 0.2) is 0 Å². The maximum absolute atomic E-state index is 13.1. The molecule has 0 aliphatic heterocycles. The molecule has 0 aliphatic rings. The van der Waals surface area contributed by atoms with Crippen molar-refractivity contribution in [2.24, 2.45) is 0 Å². The number of hydrogen-bond donors (Lipinski definition) is 1. The van der Waals surface area contributed by atoms with E-state index in [-0.39, 0.29) is 17.5 Å².